The fourth-order valence-corrected chi connectivity index (χ4v) is 12.1. The van der Waals surface area contributed by atoms with Gasteiger partial charge < -0.3 is 26.2 Å². The van der Waals surface area contributed by atoms with E-state index in [4.69, 9.17) is 9.97 Å². The van der Waals surface area contributed by atoms with Crippen LogP contribution in [0.25, 0.3) is 21.5 Å². The van der Waals surface area contributed by atoms with Crippen molar-refractivity contribution in [1.29, 1.82) is 0 Å². The molecule has 0 unspecified atom stereocenters. The van der Waals surface area contributed by atoms with Gasteiger partial charge in [-0.3, -0.25) is 19.8 Å². The number of thiophene rings is 1. The molecule has 3 atom stereocenters. The molecule has 3 amide bonds. The Balaban J connectivity index is 0.676. The maximum absolute atomic E-state index is 14.0. The lowest BCUT2D eigenvalue weighted by Gasteiger charge is -2.35. The van der Waals surface area contributed by atoms with Crippen LogP contribution >= 0.6 is 34.0 Å². The third kappa shape index (κ3) is 9.61. The highest BCUT2D eigenvalue weighted by molar-refractivity contribution is 7.21. The van der Waals surface area contributed by atoms with Gasteiger partial charge >= 0.3 is 5.91 Å². The summed E-state index contributed by atoms with van der Waals surface area (Å²) in [6.07, 6.45) is 8.14. The maximum atomic E-state index is 14.0. The predicted octanol–water partition coefficient (Wildman–Crippen LogP) is 8.25. The largest absolute Gasteiger partial charge is 0.383 e. The fourth-order valence-electron chi connectivity index (χ4n) is 9.53. The van der Waals surface area contributed by atoms with Gasteiger partial charge in [-0.25, -0.2) is 15.0 Å². The van der Waals surface area contributed by atoms with Gasteiger partial charge in [0, 0.05) is 77.6 Å². The van der Waals surface area contributed by atoms with Crippen LogP contribution in [0.5, 0.6) is 0 Å². The summed E-state index contributed by atoms with van der Waals surface area (Å²) in [7, 11) is 0. The van der Waals surface area contributed by atoms with E-state index >= 15 is 0 Å². The Kier molecular flexibility index (Phi) is 12.7. The molecule has 7 heterocycles. The zero-order chi connectivity index (χ0) is 46.8. The van der Waals surface area contributed by atoms with Gasteiger partial charge in [-0.05, 0) is 87.3 Å². The van der Waals surface area contributed by atoms with Gasteiger partial charge in [-0.15, -0.1) is 22.7 Å². The standard InChI is InChI=1S/C51H50N12O3S3/c1-30-14-21-39-43(45(69-48(39)55-30)47(65)57-35-17-15-34-25-38(20-16-33(34)24-35)62-27-36-18-19-37(28-62)56-36)52-22-8-9-23-53-46(64)41-26-54-50(68-41)60-59-44-42(32-12-6-3-7-13-32)61-63(49(44)66)51-58-40(29-67-51)31-10-4-2-5-11-31/h2-7,10-14,16,20-21,25-26,29,35-37,52,56H,8-9,15,17-19,22-24,27-28H2,1H3,(H,53,64)(H,54,60)(H,57,65)/b59-44+/t35-,36-,37+/m0/s1. The Labute approximate surface area is 411 Å². The minimum atomic E-state index is -0.436. The minimum absolute atomic E-state index is 0.0503. The maximum Gasteiger partial charge on any atom is 0.303 e. The van der Waals surface area contributed by atoms with Crippen LogP contribution < -0.4 is 36.6 Å². The molecule has 2 fully saturated rings. The number of benzene rings is 3. The number of nitrogens with zero attached hydrogens (tertiary/aromatic N) is 7. The molecule has 2 saturated heterocycles. The number of pyridine rings is 1. The summed E-state index contributed by atoms with van der Waals surface area (Å²) in [6, 6.07) is 31.3. The third-order valence-corrected chi connectivity index (χ3v) is 15.8. The first-order valence-electron chi connectivity index (χ1n) is 23.4. The quantitative estimate of drug-likeness (QED) is 0.0496. The van der Waals surface area contributed by atoms with Gasteiger partial charge in [0.05, 0.1) is 17.6 Å². The normalized spacial score (nSPS) is 19.2. The first-order valence-corrected chi connectivity index (χ1v) is 26.0. The van der Waals surface area contributed by atoms with Crippen molar-refractivity contribution in [3.63, 3.8) is 0 Å². The molecule has 69 heavy (non-hydrogen) atoms. The number of aromatic nitrogens is 3. The highest BCUT2D eigenvalue weighted by Gasteiger charge is 2.36. The molecule has 4 aliphatic rings. The number of piperazine rings is 1. The Morgan fingerprint density at radius 2 is 1.64 bits per heavy atom. The first-order chi connectivity index (χ1) is 33.8. The van der Waals surface area contributed by atoms with Gasteiger partial charge in [-0.2, -0.15) is 15.2 Å². The topological polar surface area (TPSA) is 181 Å². The molecular formula is C51H50N12O3S3. The van der Waals surface area contributed by atoms with Crippen molar-refractivity contribution >= 4 is 95.0 Å². The summed E-state index contributed by atoms with van der Waals surface area (Å²) in [5, 5.41) is 27.7. The highest BCUT2D eigenvalue weighted by Crippen LogP contribution is 2.36. The van der Waals surface area contributed by atoms with Crippen LogP contribution in [0.3, 0.4) is 0 Å². The number of hydrogen-bond donors (Lipinski definition) is 5. The molecule has 18 heteroatoms. The second-order valence-corrected chi connectivity index (χ2v) is 20.7. The van der Waals surface area contributed by atoms with Gasteiger partial charge in [0.1, 0.15) is 20.3 Å². The van der Waals surface area contributed by atoms with Crippen LogP contribution in [-0.4, -0.2) is 88.4 Å². The summed E-state index contributed by atoms with van der Waals surface area (Å²) >= 11 is 3.88. The smallest absolute Gasteiger partial charge is 0.303 e. The van der Waals surface area contributed by atoms with Crippen LogP contribution in [0, 0.1) is 6.92 Å². The molecule has 7 aromatic rings. The Bertz CT molecular complexity index is 3100. The first kappa shape index (κ1) is 44.6. The van der Waals surface area contributed by atoms with E-state index in [1.165, 1.54) is 63.5 Å². The van der Waals surface area contributed by atoms with Crippen LogP contribution in [0.1, 0.15) is 73.8 Å². The predicted molar refractivity (Wildman–Crippen MR) is 277 cm³/mol. The second-order valence-electron chi connectivity index (χ2n) is 17.8. The Morgan fingerprint density at radius 1 is 0.855 bits per heavy atom. The molecule has 11 rings (SSSR count). The van der Waals surface area contributed by atoms with E-state index in [0.29, 0.717) is 57.3 Å². The van der Waals surface area contributed by atoms with E-state index in [-0.39, 0.29) is 23.6 Å². The van der Waals surface area contributed by atoms with E-state index in [1.54, 1.807) is 0 Å². The zero-order valence-electron chi connectivity index (χ0n) is 37.9. The van der Waals surface area contributed by atoms with Crippen LogP contribution in [-0.2, 0) is 17.6 Å². The lowest BCUT2D eigenvalue weighted by molar-refractivity contribution is -0.112. The molecule has 4 aromatic heterocycles. The van der Waals surface area contributed by atoms with Crippen molar-refractivity contribution in [2.75, 3.05) is 46.8 Å². The summed E-state index contributed by atoms with van der Waals surface area (Å²) in [5.74, 6) is -0.767. The van der Waals surface area contributed by atoms with E-state index in [0.717, 1.165) is 88.5 Å². The molecule has 3 aromatic carbocycles. The Hall–Kier alpha value is -6.86. The monoisotopic (exact) mass is 974 g/mol. The molecule has 5 N–H and O–H groups in total. The Morgan fingerprint density at radius 3 is 2.45 bits per heavy atom. The van der Waals surface area contributed by atoms with E-state index in [9.17, 15) is 14.4 Å². The molecule has 0 radical (unpaired) electrons. The molecule has 3 aliphatic heterocycles. The summed E-state index contributed by atoms with van der Waals surface area (Å²) in [4.78, 5) is 59.3. The summed E-state index contributed by atoms with van der Waals surface area (Å²) in [5.41, 5.74) is 11.5. The minimum Gasteiger partial charge on any atom is -0.383 e. The molecule has 15 nitrogen and oxygen atoms in total. The SMILES string of the molecule is Cc1ccc2c(NCCCCNC(=O)c3cnc(N/N=C4/C(=O)N(c5nc(-c6ccccc6)cs5)N=C4c4ccccc4)s3)c(C(=O)N[C@H]3CCc4cc(N5C[C@H]6CC[C@@H](C5)N6)ccc4C3)sc2n1. The van der Waals surface area contributed by atoms with Crippen molar-refractivity contribution in [3.8, 4) is 11.3 Å². The van der Waals surface area contributed by atoms with Crippen molar-refractivity contribution in [3.05, 3.63) is 135 Å². The van der Waals surface area contributed by atoms with Crippen molar-refractivity contribution in [2.45, 2.75) is 70.0 Å². The number of amides is 3. The lowest BCUT2D eigenvalue weighted by atomic mass is 9.87. The molecule has 0 spiro atoms. The number of carbonyl (C=O) groups excluding carboxylic acids is 3. The zero-order valence-corrected chi connectivity index (χ0v) is 40.4. The van der Waals surface area contributed by atoms with E-state index in [1.807, 2.05) is 85.1 Å². The van der Waals surface area contributed by atoms with Gasteiger partial charge in [0.25, 0.3) is 11.8 Å². The van der Waals surface area contributed by atoms with Crippen molar-refractivity contribution in [2.24, 2.45) is 10.2 Å². The van der Waals surface area contributed by atoms with Gasteiger partial charge in [0.15, 0.2) is 5.71 Å². The van der Waals surface area contributed by atoms with Crippen LogP contribution in [0.15, 0.2) is 113 Å². The number of carbonyl (C=O) groups is 3. The summed E-state index contributed by atoms with van der Waals surface area (Å²) in [6.45, 7) is 5.17. The fraction of sp³-hybridized carbons (Fsp3) is 0.294. The number of thiazole rings is 2. The number of hydrazone groups is 2. The van der Waals surface area contributed by atoms with Crippen molar-refractivity contribution < 1.29 is 14.4 Å². The number of nitrogens with one attached hydrogen (secondary N) is 5. The van der Waals surface area contributed by atoms with Crippen molar-refractivity contribution in [1.82, 2.24) is 30.9 Å². The average molecular weight is 975 g/mol. The van der Waals surface area contributed by atoms with Gasteiger partial charge in [-0.1, -0.05) is 78.1 Å². The molecule has 350 valence electrons. The second kappa shape index (κ2) is 19.6. The number of fused-ring (bicyclic) bond motifs is 4. The van der Waals surface area contributed by atoms with E-state index < -0.39 is 5.91 Å². The molecule has 1 aliphatic carbocycles. The van der Waals surface area contributed by atoms with Crippen LogP contribution in [0.2, 0.25) is 0 Å². The van der Waals surface area contributed by atoms with E-state index in [2.05, 4.69) is 65.0 Å². The van der Waals surface area contributed by atoms with Gasteiger partial charge in [0.2, 0.25) is 10.3 Å². The number of aryl methyl sites for hydroxylation is 2. The third-order valence-electron chi connectivity index (χ3n) is 13.0. The number of anilines is 4. The summed E-state index contributed by atoms with van der Waals surface area (Å²) < 4.78 is 0. The molecular weight excluding hydrogens is 925 g/mol. The number of rotatable bonds is 15. The average Bonchev–Trinajstić information content (AvgIpc) is 4.23. The molecule has 2 bridgehead atoms. The molecule has 0 saturated carbocycles. The number of hydrogen-bond acceptors (Lipinski definition) is 15. The highest BCUT2D eigenvalue weighted by atomic mass is 32.1. The lowest BCUT2D eigenvalue weighted by Crippen LogP contribution is -2.51. The number of unbranched alkanes of at least 4 members (excludes halogenated alkanes) is 1. The van der Waals surface area contributed by atoms with Crippen LogP contribution in [0.4, 0.5) is 21.6 Å².